The van der Waals surface area contributed by atoms with Gasteiger partial charge in [0.25, 0.3) is 0 Å². The standard InChI is InChI=1S/C12H9F3N2O2/c13-12(14,15)19-10-3-1-2-9(6-10)18-11-5-4-8(16)7-17-11/h1-7H,16H2. The van der Waals surface area contributed by atoms with Gasteiger partial charge in [0.15, 0.2) is 0 Å². The molecule has 0 saturated heterocycles. The molecule has 1 aromatic heterocycles. The maximum atomic E-state index is 12.1. The molecule has 2 rings (SSSR count). The number of anilines is 1. The Balaban J connectivity index is 2.13. The van der Waals surface area contributed by atoms with Crippen molar-refractivity contribution in [2.45, 2.75) is 6.36 Å². The van der Waals surface area contributed by atoms with Gasteiger partial charge in [0.1, 0.15) is 11.5 Å². The number of alkyl halides is 3. The lowest BCUT2D eigenvalue weighted by Crippen LogP contribution is -2.17. The van der Waals surface area contributed by atoms with Crippen LogP contribution in [-0.4, -0.2) is 11.3 Å². The van der Waals surface area contributed by atoms with Gasteiger partial charge in [0.2, 0.25) is 5.88 Å². The second-order valence-electron chi connectivity index (χ2n) is 3.55. The van der Waals surface area contributed by atoms with Gasteiger partial charge >= 0.3 is 6.36 Å². The lowest BCUT2D eigenvalue weighted by molar-refractivity contribution is -0.274. The number of nitrogens with zero attached hydrogens (tertiary/aromatic N) is 1. The van der Waals surface area contributed by atoms with Crippen LogP contribution in [0, 0.1) is 0 Å². The maximum absolute atomic E-state index is 12.1. The van der Waals surface area contributed by atoms with Crippen LogP contribution in [0.1, 0.15) is 0 Å². The van der Waals surface area contributed by atoms with Crippen LogP contribution in [-0.2, 0) is 0 Å². The van der Waals surface area contributed by atoms with Crippen LogP contribution >= 0.6 is 0 Å². The summed E-state index contributed by atoms with van der Waals surface area (Å²) in [5.74, 6) is 0.0397. The molecule has 0 aliphatic carbocycles. The summed E-state index contributed by atoms with van der Waals surface area (Å²) >= 11 is 0. The van der Waals surface area contributed by atoms with Crippen molar-refractivity contribution >= 4 is 5.69 Å². The Morgan fingerprint density at radius 2 is 1.79 bits per heavy atom. The summed E-state index contributed by atoms with van der Waals surface area (Å²) in [6.07, 6.45) is -3.36. The monoisotopic (exact) mass is 270 g/mol. The van der Waals surface area contributed by atoms with E-state index in [1.165, 1.54) is 30.5 Å². The molecule has 19 heavy (non-hydrogen) atoms. The smallest absolute Gasteiger partial charge is 0.439 e. The van der Waals surface area contributed by atoms with Gasteiger partial charge in [-0.05, 0) is 18.2 Å². The predicted molar refractivity (Wildman–Crippen MR) is 61.8 cm³/mol. The van der Waals surface area contributed by atoms with Crippen molar-refractivity contribution in [1.29, 1.82) is 0 Å². The van der Waals surface area contributed by atoms with E-state index >= 15 is 0 Å². The lowest BCUT2D eigenvalue weighted by atomic mass is 10.3. The average molecular weight is 270 g/mol. The molecule has 1 heterocycles. The topological polar surface area (TPSA) is 57.4 Å². The third-order valence-electron chi connectivity index (χ3n) is 2.02. The summed E-state index contributed by atoms with van der Waals surface area (Å²) in [5, 5.41) is 0. The van der Waals surface area contributed by atoms with Crippen molar-refractivity contribution in [3.05, 3.63) is 42.6 Å². The van der Waals surface area contributed by atoms with Crippen molar-refractivity contribution in [3.8, 4) is 17.4 Å². The molecular formula is C12H9F3N2O2. The Labute approximate surface area is 106 Å². The zero-order valence-corrected chi connectivity index (χ0v) is 9.52. The number of pyridine rings is 1. The molecule has 0 fully saturated rings. The summed E-state index contributed by atoms with van der Waals surface area (Å²) in [4.78, 5) is 3.87. The Hall–Kier alpha value is -2.44. The van der Waals surface area contributed by atoms with Crippen molar-refractivity contribution in [1.82, 2.24) is 4.98 Å². The fourth-order valence-electron chi connectivity index (χ4n) is 1.31. The Kier molecular flexibility index (Phi) is 3.46. The summed E-state index contributed by atoms with van der Waals surface area (Å²) in [5.41, 5.74) is 5.91. The van der Waals surface area contributed by atoms with E-state index in [4.69, 9.17) is 10.5 Å². The van der Waals surface area contributed by atoms with E-state index in [0.29, 0.717) is 5.69 Å². The molecule has 100 valence electrons. The number of nitrogen functional groups attached to an aromatic ring is 1. The SMILES string of the molecule is Nc1ccc(Oc2cccc(OC(F)(F)F)c2)nc1. The second-order valence-corrected chi connectivity index (χ2v) is 3.55. The number of aromatic nitrogens is 1. The van der Waals surface area contributed by atoms with Crippen molar-refractivity contribution in [2.75, 3.05) is 5.73 Å². The number of hydrogen-bond donors (Lipinski definition) is 1. The van der Waals surface area contributed by atoms with Crippen LogP contribution in [0.15, 0.2) is 42.6 Å². The van der Waals surface area contributed by atoms with Crippen molar-refractivity contribution in [3.63, 3.8) is 0 Å². The quantitative estimate of drug-likeness (QED) is 0.929. The van der Waals surface area contributed by atoms with E-state index in [9.17, 15) is 13.2 Å². The number of hydrogen-bond acceptors (Lipinski definition) is 4. The number of halogens is 3. The third kappa shape index (κ3) is 4.06. The van der Waals surface area contributed by atoms with Gasteiger partial charge in [-0.1, -0.05) is 6.07 Å². The van der Waals surface area contributed by atoms with Crippen molar-refractivity contribution < 1.29 is 22.6 Å². The van der Waals surface area contributed by atoms with Gasteiger partial charge < -0.3 is 15.2 Å². The van der Waals surface area contributed by atoms with E-state index in [0.717, 1.165) is 6.07 Å². The molecule has 1 aromatic carbocycles. The van der Waals surface area contributed by atoms with E-state index in [1.807, 2.05) is 0 Å². The highest BCUT2D eigenvalue weighted by Gasteiger charge is 2.31. The Bertz CT molecular complexity index is 556. The zero-order chi connectivity index (χ0) is 13.9. The van der Waals surface area contributed by atoms with Crippen LogP contribution in [0.5, 0.6) is 17.4 Å². The molecule has 0 radical (unpaired) electrons. The molecule has 0 aliphatic rings. The van der Waals surface area contributed by atoms with Gasteiger partial charge in [-0.15, -0.1) is 13.2 Å². The van der Waals surface area contributed by atoms with Crippen molar-refractivity contribution in [2.24, 2.45) is 0 Å². The first-order valence-corrected chi connectivity index (χ1v) is 5.17. The highest BCUT2D eigenvalue weighted by molar-refractivity contribution is 5.39. The molecule has 0 spiro atoms. The molecular weight excluding hydrogens is 261 g/mol. The van der Waals surface area contributed by atoms with E-state index < -0.39 is 6.36 Å². The van der Waals surface area contributed by atoms with E-state index in [-0.39, 0.29) is 17.4 Å². The van der Waals surface area contributed by atoms with E-state index in [1.54, 1.807) is 6.07 Å². The second kappa shape index (κ2) is 5.05. The minimum Gasteiger partial charge on any atom is -0.439 e. The highest BCUT2D eigenvalue weighted by atomic mass is 19.4. The first kappa shape index (κ1) is 13.0. The normalized spacial score (nSPS) is 11.1. The molecule has 0 aliphatic heterocycles. The summed E-state index contributed by atoms with van der Waals surface area (Å²) in [7, 11) is 0. The zero-order valence-electron chi connectivity index (χ0n) is 9.52. The molecule has 7 heteroatoms. The van der Waals surface area contributed by atoms with Gasteiger partial charge in [-0.2, -0.15) is 0 Å². The Morgan fingerprint density at radius 3 is 2.42 bits per heavy atom. The molecule has 0 saturated carbocycles. The third-order valence-corrected chi connectivity index (χ3v) is 2.02. The minimum absolute atomic E-state index is 0.180. The first-order valence-electron chi connectivity index (χ1n) is 5.17. The molecule has 0 unspecified atom stereocenters. The van der Waals surface area contributed by atoms with Crippen LogP contribution in [0.3, 0.4) is 0 Å². The van der Waals surface area contributed by atoms with Gasteiger partial charge in [0, 0.05) is 12.1 Å². The Morgan fingerprint density at radius 1 is 1.05 bits per heavy atom. The number of benzene rings is 1. The molecule has 0 atom stereocenters. The van der Waals surface area contributed by atoms with E-state index in [2.05, 4.69) is 9.72 Å². The lowest BCUT2D eigenvalue weighted by Gasteiger charge is -2.10. The maximum Gasteiger partial charge on any atom is 0.573 e. The number of nitrogens with two attached hydrogens (primary N) is 1. The molecule has 2 aromatic rings. The summed E-state index contributed by atoms with van der Waals surface area (Å²) in [6.45, 7) is 0. The largest absolute Gasteiger partial charge is 0.573 e. The van der Waals surface area contributed by atoms with Gasteiger partial charge in [-0.3, -0.25) is 0 Å². The first-order chi connectivity index (χ1) is 8.92. The minimum atomic E-state index is -4.74. The fraction of sp³-hybridized carbons (Fsp3) is 0.0833. The average Bonchev–Trinajstić information content (AvgIpc) is 2.30. The van der Waals surface area contributed by atoms with Crippen LogP contribution in [0.2, 0.25) is 0 Å². The summed E-state index contributed by atoms with van der Waals surface area (Å²) in [6, 6.07) is 8.24. The van der Waals surface area contributed by atoms with Crippen LogP contribution in [0.25, 0.3) is 0 Å². The number of rotatable bonds is 3. The predicted octanol–water partition coefficient (Wildman–Crippen LogP) is 3.35. The molecule has 4 nitrogen and oxygen atoms in total. The van der Waals surface area contributed by atoms with Crippen LogP contribution in [0.4, 0.5) is 18.9 Å². The highest BCUT2D eigenvalue weighted by Crippen LogP contribution is 2.28. The molecule has 0 bridgehead atoms. The molecule has 0 amide bonds. The van der Waals surface area contributed by atoms with Gasteiger partial charge in [-0.25, -0.2) is 4.98 Å². The fourth-order valence-corrected chi connectivity index (χ4v) is 1.31. The summed E-state index contributed by atoms with van der Waals surface area (Å²) < 4.78 is 45.2. The number of ether oxygens (including phenoxy) is 2. The van der Waals surface area contributed by atoms with Crippen LogP contribution < -0.4 is 15.2 Å². The van der Waals surface area contributed by atoms with Gasteiger partial charge in [0.05, 0.1) is 11.9 Å². The molecule has 2 N–H and O–H groups in total.